The largest absolute Gasteiger partial charge is 0.379 e. The van der Waals surface area contributed by atoms with Gasteiger partial charge in [0.2, 0.25) is 0 Å². The third-order valence-corrected chi connectivity index (χ3v) is 7.50. The molecule has 0 bridgehead atoms. The molecular weight excluding hydrogens is 450 g/mol. The van der Waals surface area contributed by atoms with Gasteiger partial charge in [0.15, 0.2) is 0 Å². The normalized spacial score (nSPS) is 15.0. The van der Waals surface area contributed by atoms with E-state index in [1.54, 1.807) is 0 Å². The third-order valence-electron chi connectivity index (χ3n) is 7.50. The maximum Gasteiger partial charge on any atom is 0.0709 e. The molecule has 0 fully saturated rings. The number of benzene rings is 3. The fourth-order valence-corrected chi connectivity index (χ4v) is 5.65. The van der Waals surface area contributed by atoms with Gasteiger partial charge in [-0.1, -0.05) is 88.4 Å². The number of fused-ring (bicyclic) bond motifs is 1. The summed E-state index contributed by atoms with van der Waals surface area (Å²) in [4.78, 5) is 5.17. The lowest BCUT2D eigenvalue weighted by molar-refractivity contribution is 0.601. The van der Waals surface area contributed by atoms with Gasteiger partial charge in [-0.3, -0.25) is 4.98 Å². The number of nitrogens with zero attached hydrogens (tertiary/aromatic N) is 1. The molecule has 0 aliphatic heterocycles. The van der Waals surface area contributed by atoms with Gasteiger partial charge in [0.1, 0.15) is 0 Å². The molecule has 1 unspecified atom stereocenters. The Labute approximate surface area is 222 Å². The minimum absolute atomic E-state index is 0.289. The Balaban J connectivity index is 1.44. The standard InChI is InChI=1S/C34H39N3/c1-23(2)28-17-11-18-29(24(3)4)34(28)35-22-27-16-10-20-31(37-27)30-19-8-12-25-13-9-21-32(33(25)30)36-26-14-6-5-7-15-26/h5-8,10-12,14-20,23-24,32,35-36H,9,13,21-22H2,1-4H3. The predicted octanol–water partition coefficient (Wildman–Crippen LogP) is 9.10. The van der Waals surface area contributed by atoms with Crippen LogP contribution in [0.2, 0.25) is 0 Å². The Hall–Kier alpha value is -3.59. The highest BCUT2D eigenvalue weighted by atomic mass is 14.9. The lowest BCUT2D eigenvalue weighted by Gasteiger charge is -2.29. The summed E-state index contributed by atoms with van der Waals surface area (Å²) in [7, 11) is 0. The second-order valence-corrected chi connectivity index (χ2v) is 10.8. The number of rotatable bonds is 8. The SMILES string of the molecule is CC(C)c1cccc(C(C)C)c1NCc1cccc(-c2cccc3c2C(Nc2ccccc2)CCC3)n1. The van der Waals surface area contributed by atoms with E-state index in [-0.39, 0.29) is 6.04 Å². The highest BCUT2D eigenvalue weighted by Gasteiger charge is 2.24. The molecule has 0 radical (unpaired) electrons. The van der Waals surface area contributed by atoms with Crippen molar-refractivity contribution in [1.29, 1.82) is 0 Å². The van der Waals surface area contributed by atoms with Crippen LogP contribution in [0, 0.1) is 0 Å². The van der Waals surface area contributed by atoms with E-state index in [9.17, 15) is 0 Å². The number of hydrogen-bond acceptors (Lipinski definition) is 3. The summed E-state index contributed by atoms with van der Waals surface area (Å²) >= 11 is 0. The van der Waals surface area contributed by atoms with Gasteiger partial charge in [0.05, 0.1) is 24.0 Å². The fraction of sp³-hybridized carbons (Fsp3) is 0.324. The fourth-order valence-electron chi connectivity index (χ4n) is 5.65. The molecule has 3 nitrogen and oxygen atoms in total. The van der Waals surface area contributed by atoms with Crippen molar-refractivity contribution < 1.29 is 0 Å². The summed E-state index contributed by atoms with van der Waals surface area (Å²) in [5, 5.41) is 7.57. The quantitative estimate of drug-likeness (QED) is 0.259. The molecule has 3 heteroatoms. The zero-order chi connectivity index (χ0) is 25.8. The molecule has 2 N–H and O–H groups in total. The van der Waals surface area contributed by atoms with E-state index in [2.05, 4.69) is 123 Å². The Kier molecular flexibility index (Phi) is 7.60. The van der Waals surface area contributed by atoms with Gasteiger partial charge in [0, 0.05) is 16.9 Å². The van der Waals surface area contributed by atoms with E-state index in [0.717, 1.165) is 24.2 Å². The van der Waals surface area contributed by atoms with Crippen molar-refractivity contribution in [3.63, 3.8) is 0 Å². The van der Waals surface area contributed by atoms with Crippen molar-refractivity contribution in [3.8, 4) is 11.3 Å². The van der Waals surface area contributed by atoms with E-state index in [1.807, 2.05) is 0 Å². The molecule has 1 atom stereocenters. The van der Waals surface area contributed by atoms with Gasteiger partial charge in [-0.25, -0.2) is 0 Å². The first-order chi connectivity index (χ1) is 18.0. The Morgan fingerprint density at radius 1 is 0.784 bits per heavy atom. The first-order valence-electron chi connectivity index (χ1n) is 13.8. The van der Waals surface area contributed by atoms with Crippen molar-refractivity contribution >= 4 is 11.4 Å². The maximum atomic E-state index is 5.17. The molecule has 3 aromatic carbocycles. The lowest BCUT2D eigenvalue weighted by atomic mass is 9.83. The van der Waals surface area contributed by atoms with Crippen LogP contribution in [-0.4, -0.2) is 4.98 Å². The first-order valence-corrected chi connectivity index (χ1v) is 13.8. The number of aromatic nitrogens is 1. The van der Waals surface area contributed by atoms with Crippen LogP contribution in [0.5, 0.6) is 0 Å². The van der Waals surface area contributed by atoms with E-state index in [0.29, 0.717) is 18.4 Å². The van der Waals surface area contributed by atoms with Gasteiger partial charge in [-0.15, -0.1) is 0 Å². The van der Waals surface area contributed by atoms with Crippen molar-refractivity contribution in [2.75, 3.05) is 10.6 Å². The molecule has 1 aromatic heterocycles. The van der Waals surface area contributed by atoms with Crippen molar-refractivity contribution in [1.82, 2.24) is 4.98 Å². The van der Waals surface area contributed by atoms with E-state index >= 15 is 0 Å². The molecule has 0 spiro atoms. The number of pyridine rings is 1. The smallest absolute Gasteiger partial charge is 0.0709 e. The number of aryl methyl sites for hydroxylation is 1. The molecule has 4 aromatic rings. The average molecular weight is 490 g/mol. The zero-order valence-electron chi connectivity index (χ0n) is 22.6. The summed E-state index contributed by atoms with van der Waals surface area (Å²) in [6.45, 7) is 9.77. The molecule has 190 valence electrons. The minimum Gasteiger partial charge on any atom is -0.379 e. The van der Waals surface area contributed by atoms with Crippen LogP contribution in [0.1, 0.15) is 86.4 Å². The predicted molar refractivity (Wildman–Crippen MR) is 157 cm³/mol. The summed E-state index contributed by atoms with van der Waals surface area (Å²) in [5.74, 6) is 0.927. The average Bonchev–Trinajstić information content (AvgIpc) is 2.92. The van der Waals surface area contributed by atoms with Crippen LogP contribution in [0.4, 0.5) is 11.4 Å². The molecule has 1 aliphatic carbocycles. The first kappa shape index (κ1) is 25.1. The number of hydrogen-bond donors (Lipinski definition) is 2. The molecule has 0 saturated carbocycles. The van der Waals surface area contributed by atoms with E-state index in [1.165, 1.54) is 45.6 Å². The van der Waals surface area contributed by atoms with Crippen LogP contribution in [0.3, 0.4) is 0 Å². The highest BCUT2D eigenvalue weighted by molar-refractivity contribution is 5.68. The summed E-state index contributed by atoms with van der Waals surface area (Å²) in [6.07, 6.45) is 3.46. The molecule has 1 aliphatic rings. The summed E-state index contributed by atoms with van der Waals surface area (Å²) in [5.41, 5.74) is 11.4. The zero-order valence-corrected chi connectivity index (χ0v) is 22.6. The molecule has 37 heavy (non-hydrogen) atoms. The van der Waals surface area contributed by atoms with Gasteiger partial charge < -0.3 is 10.6 Å². The Morgan fingerprint density at radius 2 is 1.49 bits per heavy atom. The Bertz CT molecular complexity index is 1310. The third kappa shape index (κ3) is 5.56. The Morgan fingerprint density at radius 3 is 2.22 bits per heavy atom. The van der Waals surface area contributed by atoms with Crippen molar-refractivity contribution in [2.24, 2.45) is 0 Å². The van der Waals surface area contributed by atoms with E-state index < -0.39 is 0 Å². The summed E-state index contributed by atoms with van der Waals surface area (Å²) in [6, 6.07) is 30.7. The minimum atomic E-state index is 0.289. The second kappa shape index (κ2) is 11.2. The monoisotopic (exact) mass is 489 g/mol. The molecule has 1 heterocycles. The van der Waals surface area contributed by atoms with Crippen molar-refractivity contribution in [3.05, 3.63) is 113 Å². The second-order valence-electron chi connectivity index (χ2n) is 10.8. The number of nitrogens with one attached hydrogen (secondary N) is 2. The topological polar surface area (TPSA) is 37.0 Å². The van der Waals surface area contributed by atoms with Crippen LogP contribution in [0.15, 0.2) is 84.9 Å². The lowest BCUT2D eigenvalue weighted by Crippen LogP contribution is -2.18. The van der Waals surface area contributed by atoms with Gasteiger partial charge in [-0.05, 0) is 77.6 Å². The maximum absolute atomic E-state index is 5.17. The van der Waals surface area contributed by atoms with Crippen LogP contribution >= 0.6 is 0 Å². The summed E-state index contributed by atoms with van der Waals surface area (Å²) < 4.78 is 0. The van der Waals surface area contributed by atoms with Gasteiger partial charge in [0.25, 0.3) is 0 Å². The van der Waals surface area contributed by atoms with E-state index in [4.69, 9.17) is 4.98 Å². The van der Waals surface area contributed by atoms with Crippen LogP contribution in [-0.2, 0) is 13.0 Å². The van der Waals surface area contributed by atoms with Gasteiger partial charge in [-0.2, -0.15) is 0 Å². The van der Waals surface area contributed by atoms with Crippen LogP contribution in [0.25, 0.3) is 11.3 Å². The molecule has 0 saturated heterocycles. The number of anilines is 2. The van der Waals surface area contributed by atoms with Gasteiger partial charge >= 0.3 is 0 Å². The highest BCUT2D eigenvalue weighted by Crippen LogP contribution is 2.39. The van der Waals surface area contributed by atoms with Crippen molar-refractivity contribution in [2.45, 2.75) is 71.4 Å². The molecule has 0 amide bonds. The molecular formula is C34H39N3. The molecule has 5 rings (SSSR count). The van der Waals surface area contributed by atoms with Crippen LogP contribution < -0.4 is 10.6 Å². The number of para-hydroxylation sites is 2.